The molecular formula is C15H18N2O4. The van der Waals surface area contributed by atoms with Gasteiger partial charge in [-0.2, -0.15) is 0 Å². The summed E-state index contributed by atoms with van der Waals surface area (Å²) in [6, 6.07) is 7.37. The summed E-state index contributed by atoms with van der Waals surface area (Å²) < 4.78 is 5.18. The fraction of sp³-hybridized carbons (Fsp3) is 0.467. The van der Waals surface area contributed by atoms with Gasteiger partial charge in [0, 0.05) is 13.1 Å². The van der Waals surface area contributed by atoms with Crippen molar-refractivity contribution in [2.24, 2.45) is 5.92 Å². The predicted octanol–water partition coefficient (Wildman–Crippen LogP) is 0.0892. The van der Waals surface area contributed by atoms with Gasteiger partial charge < -0.3 is 20.5 Å². The zero-order chi connectivity index (χ0) is 14.8. The molecule has 2 heterocycles. The Kier molecular flexibility index (Phi) is 3.90. The number of ether oxygens (including phenoxy) is 1. The van der Waals surface area contributed by atoms with Crippen LogP contribution in [0, 0.1) is 5.92 Å². The third kappa shape index (κ3) is 2.77. The van der Waals surface area contributed by atoms with Crippen molar-refractivity contribution in [1.29, 1.82) is 0 Å². The van der Waals surface area contributed by atoms with Crippen LogP contribution >= 0.6 is 0 Å². The second-order valence-corrected chi connectivity index (χ2v) is 5.48. The lowest BCUT2D eigenvalue weighted by Gasteiger charge is -2.27. The van der Waals surface area contributed by atoms with Gasteiger partial charge in [0.25, 0.3) is 0 Å². The molecule has 1 saturated heterocycles. The lowest BCUT2D eigenvalue weighted by Crippen LogP contribution is -2.47. The molecule has 2 aliphatic rings. The summed E-state index contributed by atoms with van der Waals surface area (Å²) >= 11 is 0. The Morgan fingerprint density at radius 3 is 2.90 bits per heavy atom. The lowest BCUT2D eigenvalue weighted by molar-refractivity contribution is -0.142. The van der Waals surface area contributed by atoms with E-state index in [0.29, 0.717) is 6.54 Å². The number of hydrogen-bond acceptors (Lipinski definition) is 4. The predicted molar refractivity (Wildman–Crippen MR) is 74.8 cm³/mol. The number of hydrogen-bond donors (Lipinski definition) is 3. The Morgan fingerprint density at radius 2 is 2.10 bits per heavy atom. The minimum absolute atomic E-state index is 0.142. The fourth-order valence-corrected chi connectivity index (χ4v) is 2.95. The molecule has 3 N–H and O–H groups in total. The molecule has 1 fully saturated rings. The van der Waals surface area contributed by atoms with Gasteiger partial charge in [-0.25, -0.2) is 0 Å². The highest BCUT2D eigenvalue weighted by atomic mass is 16.5. The minimum atomic E-state index is -0.931. The summed E-state index contributed by atoms with van der Waals surface area (Å²) in [6.07, 6.45) is 0. The molecule has 3 unspecified atom stereocenters. The summed E-state index contributed by atoms with van der Waals surface area (Å²) in [6.45, 7) is 1.72. The second kappa shape index (κ2) is 5.83. The normalized spacial score (nSPS) is 27.9. The highest BCUT2D eigenvalue weighted by molar-refractivity contribution is 5.85. The summed E-state index contributed by atoms with van der Waals surface area (Å²) in [4.78, 5) is 23.6. The molecule has 3 atom stereocenters. The number of carboxylic acid groups (broad SMARTS) is 1. The third-order valence-electron chi connectivity index (χ3n) is 4.14. The van der Waals surface area contributed by atoms with Gasteiger partial charge in [-0.05, 0) is 11.1 Å². The van der Waals surface area contributed by atoms with Crippen LogP contribution in [0.1, 0.15) is 17.0 Å². The SMILES string of the molecule is O=C(NC1COCC1C(=O)O)C1CNCc2ccccc21. The number of amides is 1. The first-order chi connectivity index (χ1) is 10.2. The van der Waals surface area contributed by atoms with Crippen LogP contribution in [-0.2, 0) is 20.9 Å². The molecule has 0 radical (unpaired) electrons. The smallest absolute Gasteiger partial charge is 0.311 e. The topological polar surface area (TPSA) is 87.7 Å². The Balaban J connectivity index is 1.73. The summed E-state index contributed by atoms with van der Waals surface area (Å²) in [7, 11) is 0. The number of carboxylic acids is 1. The molecule has 6 heteroatoms. The molecule has 0 saturated carbocycles. The van der Waals surface area contributed by atoms with Gasteiger partial charge in [-0.1, -0.05) is 24.3 Å². The Hall–Kier alpha value is -1.92. The van der Waals surface area contributed by atoms with E-state index in [1.165, 1.54) is 0 Å². The highest BCUT2D eigenvalue weighted by Gasteiger charge is 2.37. The standard InChI is InChI=1S/C15H18N2O4/c18-14(17-13-8-21-7-12(13)15(19)20)11-6-16-5-9-3-1-2-4-10(9)11/h1-4,11-13,16H,5-8H2,(H,17,18)(H,19,20). The molecule has 0 aliphatic carbocycles. The molecule has 112 valence electrons. The van der Waals surface area contributed by atoms with Gasteiger partial charge in [0.05, 0.1) is 25.2 Å². The Bertz CT molecular complexity index is 560. The van der Waals surface area contributed by atoms with E-state index in [-0.39, 0.29) is 25.0 Å². The lowest BCUT2D eigenvalue weighted by atomic mass is 9.89. The van der Waals surface area contributed by atoms with Crippen molar-refractivity contribution in [3.63, 3.8) is 0 Å². The molecular weight excluding hydrogens is 272 g/mol. The molecule has 1 amide bonds. The highest BCUT2D eigenvalue weighted by Crippen LogP contribution is 2.25. The van der Waals surface area contributed by atoms with Crippen molar-refractivity contribution < 1.29 is 19.4 Å². The zero-order valence-corrected chi connectivity index (χ0v) is 11.5. The first-order valence-electron chi connectivity index (χ1n) is 7.06. The maximum atomic E-state index is 12.5. The molecule has 1 aromatic rings. The first-order valence-corrected chi connectivity index (χ1v) is 7.06. The van der Waals surface area contributed by atoms with E-state index in [4.69, 9.17) is 9.84 Å². The molecule has 6 nitrogen and oxygen atoms in total. The van der Waals surface area contributed by atoms with E-state index >= 15 is 0 Å². The van der Waals surface area contributed by atoms with Crippen LogP contribution in [-0.4, -0.2) is 42.8 Å². The van der Waals surface area contributed by atoms with E-state index in [1.807, 2.05) is 24.3 Å². The van der Waals surface area contributed by atoms with Gasteiger partial charge in [0.15, 0.2) is 0 Å². The van der Waals surface area contributed by atoms with E-state index in [0.717, 1.165) is 17.7 Å². The number of benzene rings is 1. The van der Waals surface area contributed by atoms with Crippen LogP contribution < -0.4 is 10.6 Å². The first kappa shape index (κ1) is 14.0. The Morgan fingerprint density at radius 1 is 1.29 bits per heavy atom. The number of nitrogens with one attached hydrogen (secondary N) is 2. The van der Waals surface area contributed by atoms with Crippen LogP contribution in [0.4, 0.5) is 0 Å². The molecule has 2 aliphatic heterocycles. The van der Waals surface area contributed by atoms with E-state index in [2.05, 4.69) is 10.6 Å². The van der Waals surface area contributed by atoms with Gasteiger partial charge in [0.1, 0.15) is 5.92 Å². The van der Waals surface area contributed by atoms with E-state index in [9.17, 15) is 9.59 Å². The number of rotatable bonds is 3. The molecule has 0 bridgehead atoms. The van der Waals surface area contributed by atoms with Crippen molar-refractivity contribution in [3.05, 3.63) is 35.4 Å². The minimum Gasteiger partial charge on any atom is -0.481 e. The van der Waals surface area contributed by atoms with Crippen molar-refractivity contribution >= 4 is 11.9 Å². The maximum Gasteiger partial charge on any atom is 0.311 e. The van der Waals surface area contributed by atoms with E-state index < -0.39 is 17.9 Å². The van der Waals surface area contributed by atoms with Gasteiger partial charge in [-0.3, -0.25) is 9.59 Å². The van der Waals surface area contributed by atoms with Crippen molar-refractivity contribution in [1.82, 2.24) is 10.6 Å². The summed E-state index contributed by atoms with van der Waals surface area (Å²) in [5.74, 6) is -2.03. The van der Waals surface area contributed by atoms with Crippen molar-refractivity contribution in [2.45, 2.75) is 18.5 Å². The summed E-state index contributed by atoms with van der Waals surface area (Å²) in [5.41, 5.74) is 2.13. The molecule has 3 rings (SSSR count). The fourth-order valence-electron chi connectivity index (χ4n) is 2.95. The quantitative estimate of drug-likeness (QED) is 0.734. The average molecular weight is 290 g/mol. The van der Waals surface area contributed by atoms with Crippen molar-refractivity contribution in [2.75, 3.05) is 19.8 Å². The van der Waals surface area contributed by atoms with Gasteiger partial charge in [-0.15, -0.1) is 0 Å². The van der Waals surface area contributed by atoms with E-state index in [1.54, 1.807) is 0 Å². The molecule has 21 heavy (non-hydrogen) atoms. The molecule has 0 spiro atoms. The number of carbonyl (C=O) groups excluding carboxylic acids is 1. The zero-order valence-electron chi connectivity index (χ0n) is 11.5. The Labute approximate surface area is 122 Å². The summed E-state index contributed by atoms with van der Waals surface area (Å²) in [5, 5.41) is 15.2. The van der Waals surface area contributed by atoms with Crippen LogP contribution in [0.15, 0.2) is 24.3 Å². The van der Waals surface area contributed by atoms with Gasteiger partial charge >= 0.3 is 5.97 Å². The van der Waals surface area contributed by atoms with Crippen LogP contribution in [0.3, 0.4) is 0 Å². The van der Waals surface area contributed by atoms with Crippen LogP contribution in [0.2, 0.25) is 0 Å². The van der Waals surface area contributed by atoms with Crippen molar-refractivity contribution in [3.8, 4) is 0 Å². The molecule has 0 aromatic heterocycles. The number of fused-ring (bicyclic) bond motifs is 1. The monoisotopic (exact) mass is 290 g/mol. The molecule has 1 aromatic carbocycles. The third-order valence-corrected chi connectivity index (χ3v) is 4.14. The number of carbonyl (C=O) groups is 2. The van der Waals surface area contributed by atoms with Crippen LogP contribution in [0.25, 0.3) is 0 Å². The van der Waals surface area contributed by atoms with Crippen LogP contribution in [0.5, 0.6) is 0 Å². The average Bonchev–Trinajstić information content (AvgIpc) is 2.95. The van der Waals surface area contributed by atoms with Gasteiger partial charge in [0.2, 0.25) is 5.91 Å². The second-order valence-electron chi connectivity index (χ2n) is 5.48. The number of aliphatic carboxylic acids is 1. The largest absolute Gasteiger partial charge is 0.481 e. The maximum absolute atomic E-state index is 12.5.